The van der Waals surface area contributed by atoms with Crippen LogP contribution in [0.1, 0.15) is 35.6 Å². The second kappa shape index (κ2) is 12.6. The van der Waals surface area contributed by atoms with Gasteiger partial charge >= 0.3 is 0 Å². The molecular weight excluding hydrogens is 467 g/mol. The third-order valence-corrected chi connectivity index (χ3v) is 6.50. The van der Waals surface area contributed by atoms with Gasteiger partial charge in [0, 0.05) is 19.5 Å². The van der Waals surface area contributed by atoms with Gasteiger partial charge in [-0.25, -0.2) is 0 Å². The first kappa shape index (κ1) is 25.8. The lowest BCUT2D eigenvalue weighted by atomic mass is 10.00. The summed E-state index contributed by atoms with van der Waals surface area (Å²) in [5.74, 6) is -0.281. The Morgan fingerprint density at radius 2 is 1.62 bits per heavy atom. The first-order valence-corrected chi connectivity index (χ1v) is 12.2. The summed E-state index contributed by atoms with van der Waals surface area (Å²) in [6.45, 7) is 4.79. The zero-order valence-electron chi connectivity index (χ0n) is 19.6. The number of hydrogen-bond donors (Lipinski definition) is 1. The highest BCUT2D eigenvalue weighted by Gasteiger charge is 2.30. The average Bonchev–Trinajstić information content (AvgIpc) is 2.84. The number of halogens is 2. The molecule has 3 rings (SSSR count). The number of benzene rings is 3. The molecule has 0 aliphatic rings. The van der Waals surface area contributed by atoms with Gasteiger partial charge in [0.15, 0.2) is 0 Å². The molecule has 1 N–H and O–H groups in total. The fourth-order valence-electron chi connectivity index (χ4n) is 3.83. The van der Waals surface area contributed by atoms with Crippen molar-refractivity contribution in [1.29, 1.82) is 0 Å². The number of carbonyl (C=O) groups excluding carboxylic acids is 2. The van der Waals surface area contributed by atoms with Crippen molar-refractivity contribution in [2.24, 2.45) is 0 Å². The van der Waals surface area contributed by atoms with E-state index < -0.39 is 6.04 Å². The Bertz CT molecular complexity index is 1120. The fraction of sp³-hybridized carbons (Fsp3) is 0.286. The van der Waals surface area contributed by atoms with Crippen LogP contribution in [0.3, 0.4) is 0 Å². The Morgan fingerprint density at radius 1 is 0.912 bits per heavy atom. The van der Waals surface area contributed by atoms with Gasteiger partial charge in [-0.2, -0.15) is 0 Å². The SMILES string of the molecule is CCCNC(=O)[C@H](Cc1ccccc1)N(Cc1ccc(Cl)c(Cl)c1)C(=O)Cc1ccccc1C. The van der Waals surface area contributed by atoms with Gasteiger partial charge in [-0.15, -0.1) is 0 Å². The molecule has 0 spiro atoms. The minimum absolute atomic E-state index is 0.118. The summed E-state index contributed by atoms with van der Waals surface area (Å²) >= 11 is 12.4. The Kier molecular flexibility index (Phi) is 9.55. The van der Waals surface area contributed by atoms with Crippen molar-refractivity contribution in [3.8, 4) is 0 Å². The molecule has 0 aliphatic heterocycles. The predicted octanol–water partition coefficient (Wildman–Crippen LogP) is 6.01. The van der Waals surface area contributed by atoms with E-state index in [1.807, 2.05) is 74.5 Å². The Hall–Kier alpha value is -2.82. The maximum Gasteiger partial charge on any atom is 0.243 e. The Balaban J connectivity index is 1.98. The first-order valence-electron chi connectivity index (χ1n) is 11.5. The molecule has 0 aromatic heterocycles. The monoisotopic (exact) mass is 496 g/mol. The molecule has 0 heterocycles. The van der Waals surface area contributed by atoms with Gasteiger partial charge in [-0.05, 0) is 47.7 Å². The lowest BCUT2D eigenvalue weighted by Gasteiger charge is -2.32. The van der Waals surface area contributed by atoms with Crippen molar-refractivity contribution in [1.82, 2.24) is 10.2 Å². The highest BCUT2D eigenvalue weighted by molar-refractivity contribution is 6.42. The molecule has 0 saturated heterocycles. The zero-order chi connectivity index (χ0) is 24.5. The van der Waals surface area contributed by atoms with Crippen molar-refractivity contribution >= 4 is 35.0 Å². The number of hydrogen-bond acceptors (Lipinski definition) is 2. The van der Waals surface area contributed by atoms with Crippen LogP contribution in [0.2, 0.25) is 10.0 Å². The van der Waals surface area contributed by atoms with E-state index >= 15 is 0 Å². The van der Waals surface area contributed by atoms with Crippen LogP contribution in [-0.2, 0) is 29.0 Å². The molecule has 6 heteroatoms. The van der Waals surface area contributed by atoms with Crippen LogP contribution in [0.4, 0.5) is 0 Å². The van der Waals surface area contributed by atoms with Crippen molar-refractivity contribution in [2.75, 3.05) is 6.54 Å². The maximum absolute atomic E-state index is 13.7. The first-order chi connectivity index (χ1) is 16.4. The fourth-order valence-corrected chi connectivity index (χ4v) is 4.15. The normalized spacial score (nSPS) is 11.6. The minimum atomic E-state index is -0.667. The predicted molar refractivity (Wildman–Crippen MR) is 139 cm³/mol. The molecule has 2 amide bonds. The summed E-state index contributed by atoms with van der Waals surface area (Å²) < 4.78 is 0. The molecule has 0 fully saturated rings. The summed E-state index contributed by atoms with van der Waals surface area (Å²) in [7, 11) is 0. The van der Waals surface area contributed by atoms with Gasteiger partial charge in [0.2, 0.25) is 11.8 Å². The van der Waals surface area contributed by atoms with E-state index in [-0.39, 0.29) is 24.8 Å². The average molecular weight is 497 g/mol. The molecule has 3 aromatic rings. The Labute approximate surface area is 211 Å². The molecule has 3 aromatic carbocycles. The number of aryl methyl sites for hydroxylation is 1. The Morgan fingerprint density at radius 3 is 2.29 bits per heavy atom. The summed E-state index contributed by atoms with van der Waals surface area (Å²) in [5.41, 5.74) is 3.79. The van der Waals surface area contributed by atoms with Gasteiger partial charge in [0.05, 0.1) is 16.5 Å². The quantitative estimate of drug-likeness (QED) is 0.373. The summed E-state index contributed by atoms with van der Waals surface area (Å²) in [6, 6.07) is 22.2. The van der Waals surface area contributed by atoms with E-state index in [2.05, 4.69) is 5.32 Å². The molecule has 0 aliphatic carbocycles. The van der Waals surface area contributed by atoms with Crippen LogP contribution in [0.5, 0.6) is 0 Å². The zero-order valence-corrected chi connectivity index (χ0v) is 21.1. The maximum atomic E-state index is 13.7. The van der Waals surface area contributed by atoms with Crippen LogP contribution in [-0.4, -0.2) is 29.3 Å². The molecular formula is C28H30Cl2N2O2. The van der Waals surface area contributed by atoms with Crippen molar-refractivity contribution in [3.63, 3.8) is 0 Å². The number of nitrogens with zero attached hydrogens (tertiary/aromatic N) is 1. The highest BCUT2D eigenvalue weighted by Crippen LogP contribution is 2.25. The van der Waals surface area contributed by atoms with Gasteiger partial charge in [0.25, 0.3) is 0 Å². The molecule has 1 atom stereocenters. The molecule has 0 bridgehead atoms. The van der Waals surface area contributed by atoms with Crippen molar-refractivity contribution in [2.45, 2.75) is 45.7 Å². The van der Waals surface area contributed by atoms with Crippen LogP contribution < -0.4 is 5.32 Å². The van der Waals surface area contributed by atoms with E-state index in [4.69, 9.17) is 23.2 Å². The summed E-state index contributed by atoms with van der Waals surface area (Å²) in [6.07, 6.45) is 1.44. The molecule has 0 unspecified atom stereocenters. The van der Waals surface area contributed by atoms with E-state index in [9.17, 15) is 9.59 Å². The van der Waals surface area contributed by atoms with Gasteiger partial charge in [-0.3, -0.25) is 9.59 Å². The second-order valence-electron chi connectivity index (χ2n) is 8.37. The van der Waals surface area contributed by atoms with E-state index in [1.165, 1.54) is 0 Å². The number of carbonyl (C=O) groups is 2. The number of rotatable bonds is 10. The molecule has 4 nitrogen and oxygen atoms in total. The molecule has 0 saturated carbocycles. The van der Waals surface area contributed by atoms with Crippen molar-refractivity contribution < 1.29 is 9.59 Å². The summed E-state index contributed by atoms with van der Waals surface area (Å²) in [5, 5.41) is 3.86. The lowest BCUT2D eigenvalue weighted by molar-refractivity contribution is -0.140. The van der Waals surface area contributed by atoms with Crippen LogP contribution in [0.15, 0.2) is 72.8 Å². The third kappa shape index (κ3) is 7.09. The molecule has 0 radical (unpaired) electrons. The largest absolute Gasteiger partial charge is 0.354 e. The van der Waals surface area contributed by atoms with Crippen LogP contribution >= 0.6 is 23.2 Å². The van der Waals surface area contributed by atoms with Gasteiger partial charge in [0.1, 0.15) is 6.04 Å². The third-order valence-electron chi connectivity index (χ3n) is 5.76. The van der Waals surface area contributed by atoms with Crippen LogP contribution in [0.25, 0.3) is 0 Å². The van der Waals surface area contributed by atoms with Gasteiger partial charge in [-0.1, -0.05) is 90.8 Å². The van der Waals surface area contributed by atoms with Gasteiger partial charge < -0.3 is 10.2 Å². The minimum Gasteiger partial charge on any atom is -0.354 e. The lowest BCUT2D eigenvalue weighted by Crippen LogP contribution is -2.51. The highest BCUT2D eigenvalue weighted by atomic mass is 35.5. The van der Waals surface area contributed by atoms with Crippen molar-refractivity contribution in [3.05, 3.63) is 105 Å². The van der Waals surface area contributed by atoms with E-state index in [0.717, 1.165) is 28.7 Å². The summed E-state index contributed by atoms with van der Waals surface area (Å²) in [4.78, 5) is 28.7. The number of amides is 2. The standard InChI is InChI=1S/C28H30Cl2N2O2/c1-3-15-31-28(34)26(17-21-10-5-4-6-11-21)32(19-22-13-14-24(29)25(30)16-22)27(33)18-23-12-8-7-9-20(23)2/h4-14,16,26H,3,15,17-19H2,1-2H3,(H,31,34)/t26-/m0/s1. The van der Waals surface area contributed by atoms with Crippen LogP contribution in [0, 0.1) is 6.92 Å². The molecule has 34 heavy (non-hydrogen) atoms. The van der Waals surface area contributed by atoms with E-state index in [1.54, 1.807) is 17.0 Å². The topological polar surface area (TPSA) is 49.4 Å². The molecule has 178 valence electrons. The second-order valence-corrected chi connectivity index (χ2v) is 9.18. The number of nitrogens with one attached hydrogen (secondary N) is 1. The smallest absolute Gasteiger partial charge is 0.243 e. The van der Waals surface area contributed by atoms with E-state index in [0.29, 0.717) is 23.0 Å².